The lowest BCUT2D eigenvalue weighted by atomic mass is 9.94. The van der Waals surface area contributed by atoms with Gasteiger partial charge >= 0.3 is 0 Å². The van der Waals surface area contributed by atoms with Crippen LogP contribution < -0.4 is 0 Å². The Hall–Kier alpha value is -7.63. The fraction of sp³-hybridized carbons (Fsp3) is 0. The summed E-state index contributed by atoms with van der Waals surface area (Å²) in [5.41, 5.74) is 11.8. The van der Waals surface area contributed by atoms with E-state index in [1.807, 2.05) is 24.3 Å². The highest BCUT2D eigenvalue weighted by molar-refractivity contribution is 6.28. The van der Waals surface area contributed by atoms with Gasteiger partial charge < -0.3 is 4.57 Å². The van der Waals surface area contributed by atoms with Gasteiger partial charge in [0.2, 0.25) is 5.95 Å². The third-order valence-corrected chi connectivity index (χ3v) is 10.8. The quantitative estimate of drug-likeness (QED) is 0.172. The van der Waals surface area contributed by atoms with E-state index >= 15 is 0 Å². The number of benzene rings is 8. The van der Waals surface area contributed by atoms with Crippen LogP contribution in [0.1, 0.15) is 0 Å². The minimum atomic E-state index is 0.561. The van der Waals surface area contributed by atoms with Crippen molar-refractivity contribution in [3.05, 3.63) is 200 Å². The molecule has 0 bridgehead atoms. The molecule has 262 valence electrons. The zero-order valence-corrected chi connectivity index (χ0v) is 30.3. The van der Waals surface area contributed by atoms with Crippen molar-refractivity contribution in [2.24, 2.45) is 0 Å². The minimum absolute atomic E-state index is 0.561. The van der Waals surface area contributed by atoms with E-state index in [1.165, 1.54) is 16.3 Å². The van der Waals surface area contributed by atoms with Crippen LogP contribution in [0.3, 0.4) is 0 Å². The van der Waals surface area contributed by atoms with Crippen LogP contribution >= 0.6 is 0 Å². The molecule has 0 amide bonds. The molecular formula is C51H33N5. The lowest BCUT2D eigenvalue weighted by molar-refractivity contribution is 0.953. The summed E-state index contributed by atoms with van der Waals surface area (Å²) in [5.74, 6) is 1.79. The highest BCUT2D eigenvalue weighted by atomic mass is 15.2. The van der Waals surface area contributed by atoms with Gasteiger partial charge in [-0.05, 0) is 53.1 Å². The average Bonchev–Trinajstić information content (AvgIpc) is 3.79. The number of aromatic nitrogens is 5. The van der Waals surface area contributed by atoms with Gasteiger partial charge in [0.1, 0.15) is 0 Å². The van der Waals surface area contributed by atoms with E-state index in [-0.39, 0.29) is 0 Å². The molecule has 11 aromatic rings. The van der Waals surface area contributed by atoms with Gasteiger partial charge in [-0.15, -0.1) is 0 Å². The molecule has 0 aliphatic carbocycles. The molecule has 0 fully saturated rings. The zero-order chi connectivity index (χ0) is 37.0. The Labute approximate surface area is 323 Å². The molecule has 3 heterocycles. The van der Waals surface area contributed by atoms with Crippen LogP contribution in [0.2, 0.25) is 0 Å². The number of fused-ring (bicyclic) bond motifs is 6. The first-order valence-electron chi connectivity index (χ1n) is 18.9. The van der Waals surface area contributed by atoms with Crippen LogP contribution in [-0.4, -0.2) is 24.1 Å². The van der Waals surface area contributed by atoms with Crippen molar-refractivity contribution >= 4 is 43.6 Å². The van der Waals surface area contributed by atoms with E-state index in [2.05, 4.69) is 185 Å². The Morgan fingerprint density at radius 2 is 0.768 bits per heavy atom. The number of hydrogen-bond acceptors (Lipinski definition) is 3. The van der Waals surface area contributed by atoms with E-state index in [9.17, 15) is 0 Å². The van der Waals surface area contributed by atoms with Crippen molar-refractivity contribution < 1.29 is 0 Å². The molecule has 0 aliphatic heterocycles. The van der Waals surface area contributed by atoms with Crippen LogP contribution in [0.4, 0.5) is 0 Å². The van der Waals surface area contributed by atoms with Gasteiger partial charge in [-0.25, -0.2) is 4.98 Å². The SMILES string of the molecule is c1ccc(-c2cccc(-c3nc(-c4ccccc4)nc(-n4c5ccccc5c5c(-c6ccccc6)c6c7ccccc7n(-c7ccccc7)c6cc54)n3)c2)cc1. The van der Waals surface area contributed by atoms with Crippen molar-refractivity contribution in [1.82, 2.24) is 24.1 Å². The molecule has 56 heavy (non-hydrogen) atoms. The molecule has 5 nitrogen and oxygen atoms in total. The summed E-state index contributed by atoms with van der Waals surface area (Å²) < 4.78 is 4.63. The van der Waals surface area contributed by atoms with Crippen molar-refractivity contribution in [3.8, 4) is 56.7 Å². The Bertz CT molecular complexity index is 3220. The van der Waals surface area contributed by atoms with Crippen LogP contribution in [0.15, 0.2) is 200 Å². The molecule has 0 N–H and O–H groups in total. The Morgan fingerprint density at radius 3 is 1.41 bits per heavy atom. The van der Waals surface area contributed by atoms with Crippen LogP contribution in [0.5, 0.6) is 0 Å². The smallest absolute Gasteiger partial charge is 0.238 e. The molecule has 0 spiro atoms. The summed E-state index contributed by atoms with van der Waals surface area (Å²) in [4.78, 5) is 15.8. The molecule has 0 radical (unpaired) electrons. The van der Waals surface area contributed by atoms with Gasteiger partial charge in [0.05, 0.1) is 22.1 Å². The standard InChI is InChI=1S/C51H33N5/c1-5-18-34(19-6-1)37-24-17-25-38(32-37)50-52-49(36-22-9-3-10-23-36)53-51(54-50)56-43-31-16-14-29-41(43)48-45(56)33-44-47(46(48)35-20-7-2-8-21-35)40-28-13-15-30-42(40)55(44)39-26-11-4-12-27-39/h1-33H. The molecule has 0 saturated heterocycles. The zero-order valence-electron chi connectivity index (χ0n) is 30.3. The number of nitrogens with zero attached hydrogens (tertiary/aromatic N) is 5. The average molecular weight is 716 g/mol. The molecule has 8 aromatic carbocycles. The topological polar surface area (TPSA) is 48.5 Å². The number of para-hydroxylation sites is 3. The summed E-state index contributed by atoms with van der Waals surface area (Å²) in [6, 6.07) is 70.3. The van der Waals surface area contributed by atoms with Crippen LogP contribution in [0.25, 0.3) is 100 Å². The van der Waals surface area contributed by atoms with E-state index in [1.54, 1.807) is 0 Å². The van der Waals surface area contributed by atoms with Crippen LogP contribution in [0, 0.1) is 0 Å². The predicted molar refractivity (Wildman–Crippen MR) is 230 cm³/mol. The Balaban J connectivity index is 1.28. The Kier molecular flexibility index (Phi) is 7.42. The third kappa shape index (κ3) is 5.13. The lowest BCUT2D eigenvalue weighted by Gasteiger charge is -2.13. The first-order valence-corrected chi connectivity index (χ1v) is 18.9. The molecule has 5 heteroatoms. The van der Waals surface area contributed by atoms with E-state index in [0.29, 0.717) is 17.6 Å². The maximum absolute atomic E-state index is 5.35. The Morgan fingerprint density at radius 1 is 0.304 bits per heavy atom. The fourth-order valence-electron chi connectivity index (χ4n) is 8.32. The van der Waals surface area contributed by atoms with E-state index < -0.39 is 0 Å². The monoisotopic (exact) mass is 715 g/mol. The van der Waals surface area contributed by atoms with Crippen molar-refractivity contribution in [3.63, 3.8) is 0 Å². The van der Waals surface area contributed by atoms with Gasteiger partial charge in [-0.1, -0.05) is 164 Å². The van der Waals surface area contributed by atoms with Gasteiger partial charge in [0, 0.05) is 43.9 Å². The second-order valence-electron chi connectivity index (χ2n) is 14.0. The molecular weight excluding hydrogens is 683 g/mol. The molecule has 11 rings (SSSR count). The van der Waals surface area contributed by atoms with Gasteiger partial charge in [-0.3, -0.25) is 4.57 Å². The van der Waals surface area contributed by atoms with E-state index in [0.717, 1.165) is 66.3 Å². The van der Waals surface area contributed by atoms with Gasteiger partial charge in [0.15, 0.2) is 11.6 Å². The second-order valence-corrected chi connectivity index (χ2v) is 14.0. The van der Waals surface area contributed by atoms with Gasteiger partial charge in [-0.2, -0.15) is 9.97 Å². The highest BCUT2D eigenvalue weighted by Gasteiger charge is 2.25. The molecule has 0 atom stereocenters. The number of rotatable bonds is 6. The van der Waals surface area contributed by atoms with Crippen LogP contribution in [-0.2, 0) is 0 Å². The first-order chi connectivity index (χ1) is 27.8. The van der Waals surface area contributed by atoms with Gasteiger partial charge in [0.25, 0.3) is 0 Å². The van der Waals surface area contributed by atoms with E-state index in [4.69, 9.17) is 15.0 Å². The molecule has 0 aliphatic rings. The molecule has 0 saturated carbocycles. The summed E-state index contributed by atoms with van der Waals surface area (Å²) >= 11 is 0. The predicted octanol–water partition coefficient (Wildman–Crippen LogP) is 12.7. The lowest BCUT2D eigenvalue weighted by Crippen LogP contribution is -2.06. The largest absolute Gasteiger partial charge is 0.309 e. The number of hydrogen-bond donors (Lipinski definition) is 0. The summed E-state index contributed by atoms with van der Waals surface area (Å²) in [5, 5.41) is 4.71. The second kappa shape index (κ2) is 13.0. The summed E-state index contributed by atoms with van der Waals surface area (Å²) in [6.07, 6.45) is 0. The first kappa shape index (κ1) is 31.9. The minimum Gasteiger partial charge on any atom is -0.309 e. The fourth-order valence-corrected chi connectivity index (χ4v) is 8.32. The maximum Gasteiger partial charge on any atom is 0.238 e. The van der Waals surface area contributed by atoms with Crippen molar-refractivity contribution in [2.45, 2.75) is 0 Å². The van der Waals surface area contributed by atoms with Crippen molar-refractivity contribution in [2.75, 3.05) is 0 Å². The maximum atomic E-state index is 5.35. The molecule has 0 unspecified atom stereocenters. The molecule has 3 aromatic heterocycles. The highest BCUT2D eigenvalue weighted by Crippen LogP contribution is 2.46. The summed E-state index contributed by atoms with van der Waals surface area (Å²) in [7, 11) is 0. The van der Waals surface area contributed by atoms with Crippen molar-refractivity contribution in [1.29, 1.82) is 0 Å². The third-order valence-electron chi connectivity index (χ3n) is 10.8. The normalized spacial score (nSPS) is 11.6. The summed E-state index contributed by atoms with van der Waals surface area (Å²) in [6.45, 7) is 0.